The van der Waals surface area contributed by atoms with Gasteiger partial charge in [-0.1, -0.05) is 6.58 Å². The second-order valence-corrected chi connectivity index (χ2v) is 9.78. The number of hydrogen-bond acceptors (Lipinski definition) is 6. The summed E-state index contributed by atoms with van der Waals surface area (Å²) in [6, 6.07) is 17.5. The summed E-state index contributed by atoms with van der Waals surface area (Å²) in [4.78, 5) is 13.6. The van der Waals surface area contributed by atoms with Crippen LogP contribution in [0.3, 0.4) is 0 Å². The number of hydrazone groups is 1. The van der Waals surface area contributed by atoms with Crippen LogP contribution in [0.15, 0.2) is 84.0 Å². The molecule has 3 aromatic rings. The highest BCUT2D eigenvalue weighted by Gasteiger charge is 2.34. The lowest BCUT2D eigenvalue weighted by Crippen LogP contribution is -2.38. The number of benzene rings is 3. The molecule has 2 aliphatic rings. The number of ether oxygens (including phenoxy) is 2. The SMILES string of the molecule is C=C1C(c2ccc(F)cc2)=NN(c2ccc(OC3CCN(c4cc(OCC)ccc4F)CC3)cc2)[C@H]1CC(=O)O. The topological polar surface area (TPSA) is 74.6 Å². The number of aliphatic carboxylic acids is 1. The number of halogens is 2. The van der Waals surface area contributed by atoms with Crippen molar-refractivity contribution in [3.63, 3.8) is 0 Å². The van der Waals surface area contributed by atoms with Gasteiger partial charge in [0.1, 0.15) is 29.2 Å². The van der Waals surface area contributed by atoms with Crippen molar-refractivity contribution in [2.45, 2.75) is 38.3 Å². The Hall–Kier alpha value is -4.40. The van der Waals surface area contributed by atoms with Crippen molar-refractivity contribution in [2.75, 3.05) is 29.6 Å². The molecule has 0 radical (unpaired) electrons. The van der Waals surface area contributed by atoms with Crippen molar-refractivity contribution in [3.8, 4) is 11.5 Å². The first-order valence-electron chi connectivity index (χ1n) is 13.3. The van der Waals surface area contributed by atoms with E-state index in [0.29, 0.717) is 59.4 Å². The van der Waals surface area contributed by atoms with Crippen molar-refractivity contribution >= 4 is 23.1 Å². The van der Waals surface area contributed by atoms with Gasteiger partial charge in [-0.05, 0) is 73.2 Å². The van der Waals surface area contributed by atoms with E-state index >= 15 is 0 Å². The molecule has 1 atom stereocenters. The minimum atomic E-state index is -0.970. The fraction of sp³-hybridized carbons (Fsp3) is 0.290. The van der Waals surface area contributed by atoms with Crippen molar-refractivity contribution in [1.29, 1.82) is 0 Å². The summed E-state index contributed by atoms with van der Waals surface area (Å²) in [7, 11) is 0. The Kier molecular flexibility index (Phi) is 8.00. The Morgan fingerprint density at radius 2 is 1.70 bits per heavy atom. The second-order valence-electron chi connectivity index (χ2n) is 9.78. The molecule has 7 nitrogen and oxygen atoms in total. The van der Waals surface area contributed by atoms with E-state index in [9.17, 15) is 18.7 Å². The van der Waals surface area contributed by atoms with E-state index in [-0.39, 0.29) is 24.2 Å². The Labute approximate surface area is 231 Å². The van der Waals surface area contributed by atoms with E-state index in [4.69, 9.17) is 9.47 Å². The molecule has 5 rings (SSSR count). The van der Waals surface area contributed by atoms with Crippen molar-refractivity contribution in [2.24, 2.45) is 5.10 Å². The number of carboxylic acids is 1. The fourth-order valence-electron chi connectivity index (χ4n) is 5.09. The smallest absolute Gasteiger partial charge is 0.305 e. The van der Waals surface area contributed by atoms with Gasteiger partial charge in [-0.15, -0.1) is 0 Å². The van der Waals surface area contributed by atoms with Gasteiger partial charge in [-0.25, -0.2) is 8.78 Å². The van der Waals surface area contributed by atoms with Crippen LogP contribution in [-0.4, -0.2) is 48.6 Å². The first-order valence-corrected chi connectivity index (χ1v) is 13.3. The van der Waals surface area contributed by atoms with E-state index in [1.807, 2.05) is 36.1 Å². The van der Waals surface area contributed by atoms with Crippen molar-refractivity contribution in [3.05, 3.63) is 96.1 Å². The molecule has 0 aliphatic carbocycles. The number of carbonyl (C=O) groups is 1. The molecule has 0 saturated carbocycles. The van der Waals surface area contributed by atoms with Gasteiger partial charge in [0.2, 0.25) is 0 Å². The van der Waals surface area contributed by atoms with Crippen LogP contribution in [0, 0.1) is 11.6 Å². The number of nitrogens with zero attached hydrogens (tertiary/aromatic N) is 3. The maximum Gasteiger partial charge on any atom is 0.305 e. The molecule has 40 heavy (non-hydrogen) atoms. The highest BCUT2D eigenvalue weighted by Crippen LogP contribution is 2.34. The zero-order valence-corrected chi connectivity index (χ0v) is 22.2. The van der Waals surface area contributed by atoms with Crippen LogP contribution in [0.5, 0.6) is 11.5 Å². The molecule has 1 N–H and O–H groups in total. The molecule has 0 bridgehead atoms. The van der Waals surface area contributed by atoms with Gasteiger partial charge in [0.05, 0.1) is 36.2 Å². The molecule has 208 valence electrons. The predicted octanol–water partition coefficient (Wildman–Crippen LogP) is 6.04. The fourth-order valence-corrected chi connectivity index (χ4v) is 5.09. The van der Waals surface area contributed by atoms with E-state index < -0.39 is 12.0 Å². The van der Waals surface area contributed by atoms with E-state index in [1.165, 1.54) is 18.2 Å². The summed E-state index contributed by atoms with van der Waals surface area (Å²) in [6.07, 6.45) is 1.27. The van der Waals surface area contributed by atoms with Gasteiger partial charge in [-0.3, -0.25) is 9.80 Å². The van der Waals surface area contributed by atoms with Crippen molar-refractivity contribution < 1.29 is 28.2 Å². The third-order valence-electron chi connectivity index (χ3n) is 7.11. The standard InChI is InChI=1S/C31H31F2N3O4/c1-3-39-26-12-13-27(33)29(18-26)35-16-14-25(15-17-35)40-24-10-8-23(9-11-24)36-28(19-30(37)38)20(2)31(34-36)21-4-6-22(32)7-5-21/h4-13,18,25,28H,2-3,14-17,19H2,1H3,(H,37,38)/t28-/m0/s1. The van der Waals surface area contributed by atoms with Crippen molar-refractivity contribution in [1.82, 2.24) is 0 Å². The summed E-state index contributed by atoms with van der Waals surface area (Å²) in [6.45, 7) is 7.83. The van der Waals surface area contributed by atoms with Gasteiger partial charge in [0.15, 0.2) is 0 Å². The van der Waals surface area contributed by atoms with Gasteiger partial charge in [0, 0.05) is 37.6 Å². The highest BCUT2D eigenvalue weighted by molar-refractivity contribution is 6.15. The van der Waals surface area contributed by atoms with Gasteiger partial charge < -0.3 is 19.5 Å². The number of rotatable bonds is 9. The maximum absolute atomic E-state index is 14.5. The molecule has 0 spiro atoms. The Bertz CT molecular complexity index is 1400. The van der Waals surface area contributed by atoms with Crippen LogP contribution in [0.1, 0.15) is 31.7 Å². The molecule has 0 amide bonds. The summed E-state index contributed by atoms with van der Waals surface area (Å²) in [5.74, 6) is -0.269. The van der Waals surface area contributed by atoms with E-state index in [1.54, 1.807) is 29.3 Å². The Morgan fingerprint density at radius 1 is 1.02 bits per heavy atom. The van der Waals surface area contributed by atoms with Crippen LogP contribution >= 0.6 is 0 Å². The average Bonchev–Trinajstić information content (AvgIpc) is 3.26. The molecule has 1 fully saturated rings. The molecular formula is C31H31F2N3O4. The number of hydrogen-bond donors (Lipinski definition) is 1. The zero-order chi connectivity index (χ0) is 28.2. The minimum Gasteiger partial charge on any atom is -0.494 e. The number of anilines is 2. The minimum absolute atomic E-state index is 0.0188. The van der Waals surface area contributed by atoms with Crippen LogP contribution < -0.4 is 19.4 Å². The van der Waals surface area contributed by atoms with E-state index in [2.05, 4.69) is 11.7 Å². The summed E-state index contributed by atoms with van der Waals surface area (Å²) < 4.78 is 39.6. The normalized spacial score (nSPS) is 17.6. The largest absolute Gasteiger partial charge is 0.494 e. The molecule has 3 aromatic carbocycles. The third-order valence-corrected chi connectivity index (χ3v) is 7.11. The monoisotopic (exact) mass is 547 g/mol. The molecule has 2 aliphatic heterocycles. The van der Waals surface area contributed by atoms with Gasteiger partial charge in [0.25, 0.3) is 0 Å². The van der Waals surface area contributed by atoms with Gasteiger partial charge in [-0.2, -0.15) is 5.10 Å². The lowest BCUT2D eigenvalue weighted by Gasteiger charge is -2.34. The molecule has 0 unspecified atom stereocenters. The number of piperidine rings is 1. The summed E-state index contributed by atoms with van der Waals surface area (Å²) in [5.41, 5.74) is 2.99. The highest BCUT2D eigenvalue weighted by atomic mass is 19.1. The number of carboxylic acid groups (broad SMARTS) is 1. The Balaban J connectivity index is 1.25. The lowest BCUT2D eigenvalue weighted by atomic mass is 9.97. The second kappa shape index (κ2) is 11.8. The predicted molar refractivity (Wildman–Crippen MR) is 150 cm³/mol. The molecule has 0 aromatic heterocycles. The molecule has 1 saturated heterocycles. The molecule has 9 heteroatoms. The van der Waals surface area contributed by atoms with Crippen LogP contribution in [0.4, 0.5) is 20.2 Å². The first kappa shape index (κ1) is 27.2. The van der Waals surface area contributed by atoms with Crippen LogP contribution in [0.25, 0.3) is 0 Å². The maximum atomic E-state index is 14.5. The quantitative estimate of drug-likeness (QED) is 0.352. The summed E-state index contributed by atoms with van der Waals surface area (Å²) >= 11 is 0. The van der Waals surface area contributed by atoms with Gasteiger partial charge >= 0.3 is 5.97 Å². The Morgan fingerprint density at radius 3 is 2.35 bits per heavy atom. The zero-order valence-electron chi connectivity index (χ0n) is 22.2. The lowest BCUT2D eigenvalue weighted by molar-refractivity contribution is -0.137. The van der Waals surface area contributed by atoms with E-state index in [0.717, 1.165) is 12.8 Å². The van der Waals surface area contributed by atoms with Crippen LogP contribution in [0.2, 0.25) is 0 Å². The third kappa shape index (κ3) is 5.93. The summed E-state index contributed by atoms with van der Waals surface area (Å²) in [5, 5.41) is 15.8. The molecule has 2 heterocycles. The first-order chi connectivity index (χ1) is 19.3. The average molecular weight is 548 g/mol. The molecular weight excluding hydrogens is 516 g/mol. The van der Waals surface area contributed by atoms with Crippen LogP contribution in [-0.2, 0) is 4.79 Å².